The number of benzene rings is 2. The third-order valence-electron chi connectivity index (χ3n) is 4.71. The van der Waals surface area contributed by atoms with E-state index >= 15 is 0 Å². The number of carbonyl (C=O) groups is 1. The highest BCUT2D eigenvalue weighted by Gasteiger charge is 2.30. The monoisotopic (exact) mass is 393 g/mol. The summed E-state index contributed by atoms with van der Waals surface area (Å²) in [5, 5.41) is 2.89. The molecule has 8 heteroatoms. The van der Waals surface area contributed by atoms with Crippen molar-refractivity contribution < 1.29 is 22.7 Å². The van der Waals surface area contributed by atoms with E-state index in [1.54, 1.807) is 12.0 Å². The summed E-state index contributed by atoms with van der Waals surface area (Å²) in [6.07, 6.45) is -4.37. The van der Waals surface area contributed by atoms with Gasteiger partial charge in [-0.05, 0) is 36.4 Å². The smallest absolute Gasteiger partial charge is 0.416 e. The largest absolute Gasteiger partial charge is 0.495 e. The molecule has 0 radical (unpaired) electrons. The van der Waals surface area contributed by atoms with Crippen LogP contribution in [0, 0.1) is 0 Å². The number of rotatable bonds is 5. The molecule has 1 fully saturated rings. The Morgan fingerprint density at radius 2 is 1.68 bits per heavy atom. The van der Waals surface area contributed by atoms with Gasteiger partial charge in [-0.25, -0.2) is 0 Å². The molecule has 2 aromatic carbocycles. The molecule has 0 unspecified atom stereocenters. The van der Waals surface area contributed by atoms with E-state index in [2.05, 4.69) is 10.2 Å². The molecule has 1 amide bonds. The summed E-state index contributed by atoms with van der Waals surface area (Å²) < 4.78 is 43.1. The predicted octanol–water partition coefficient (Wildman–Crippen LogP) is 3.47. The molecule has 0 saturated carbocycles. The van der Waals surface area contributed by atoms with Gasteiger partial charge in [0.25, 0.3) is 0 Å². The van der Waals surface area contributed by atoms with Crippen molar-refractivity contribution in [1.82, 2.24) is 4.90 Å². The van der Waals surface area contributed by atoms with Crippen LogP contribution in [0.1, 0.15) is 5.56 Å². The van der Waals surface area contributed by atoms with Gasteiger partial charge in [-0.3, -0.25) is 4.79 Å². The number of carbonyl (C=O) groups excluding carboxylic acids is 1. The number of piperazine rings is 1. The minimum atomic E-state index is -4.37. The number of methoxy groups -OCH3 is 1. The molecule has 5 nitrogen and oxygen atoms in total. The Morgan fingerprint density at radius 1 is 1.04 bits per heavy atom. The highest BCUT2D eigenvalue weighted by atomic mass is 19.4. The SMILES string of the molecule is COc1ccccc1N1CCN(C(=O)CNc2ccc(C(F)(F)F)cc2)CC1. The molecule has 0 aliphatic carbocycles. The van der Waals surface area contributed by atoms with Gasteiger partial charge in [0.2, 0.25) is 5.91 Å². The first kappa shape index (κ1) is 19.9. The summed E-state index contributed by atoms with van der Waals surface area (Å²) >= 11 is 0. The van der Waals surface area contributed by atoms with Crippen LogP contribution in [0.3, 0.4) is 0 Å². The van der Waals surface area contributed by atoms with Crippen LogP contribution in [0.2, 0.25) is 0 Å². The predicted molar refractivity (Wildman–Crippen MR) is 102 cm³/mol. The molecule has 0 aromatic heterocycles. The van der Waals surface area contributed by atoms with Crippen molar-refractivity contribution in [3.8, 4) is 5.75 Å². The van der Waals surface area contributed by atoms with Crippen molar-refractivity contribution >= 4 is 17.3 Å². The van der Waals surface area contributed by atoms with Gasteiger partial charge in [-0.2, -0.15) is 13.2 Å². The molecule has 150 valence electrons. The van der Waals surface area contributed by atoms with Crippen LogP contribution in [-0.2, 0) is 11.0 Å². The minimum Gasteiger partial charge on any atom is -0.495 e. The topological polar surface area (TPSA) is 44.8 Å². The van der Waals surface area contributed by atoms with E-state index in [0.717, 1.165) is 23.6 Å². The van der Waals surface area contributed by atoms with Gasteiger partial charge in [-0.15, -0.1) is 0 Å². The molecular weight excluding hydrogens is 371 g/mol. The molecule has 1 heterocycles. The Morgan fingerprint density at radius 3 is 2.29 bits per heavy atom. The Hall–Kier alpha value is -2.90. The maximum absolute atomic E-state index is 12.6. The Bertz CT molecular complexity index is 801. The zero-order chi connectivity index (χ0) is 20.1. The van der Waals surface area contributed by atoms with Gasteiger partial charge in [0, 0.05) is 31.9 Å². The third-order valence-corrected chi connectivity index (χ3v) is 4.71. The second-order valence-electron chi connectivity index (χ2n) is 6.47. The highest BCUT2D eigenvalue weighted by Crippen LogP contribution is 2.30. The number of amides is 1. The first-order valence-corrected chi connectivity index (χ1v) is 8.95. The Kier molecular flexibility index (Phi) is 5.96. The fourth-order valence-electron chi connectivity index (χ4n) is 3.15. The lowest BCUT2D eigenvalue weighted by molar-refractivity contribution is -0.137. The quantitative estimate of drug-likeness (QED) is 0.845. The number of anilines is 2. The van der Waals surface area contributed by atoms with E-state index in [1.165, 1.54) is 12.1 Å². The first-order valence-electron chi connectivity index (χ1n) is 8.95. The van der Waals surface area contributed by atoms with Crippen LogP contribution in [0.15, 0.2) is 48.5 Å². The fraction of sp³-hybridized carbons (Fsp3) is 0.350. The second-order valence-corrected chi connectivity index (χ2v) is 6.47. The zero-order valence-electron chi connectivity index (χ0n) is 15.5. The Balaban J connectivity index is 1.50. The third kappa shape index (κ3) is 4.68. The van der Waals surface area contributed by atoms with Crippen molar-refractivity contribution in [2.45, 2.75) is 6.18 Å². The minimum absolute atomic E-state index is 0.0417. The first-order chi connectivity index (χ1) is 13.4. The number of hydrogen-bond donors (Lipinski definition) is 1. The van der Waals surface area contributed by atoms with Gasteiger partial charge < -0.3 is 19.9 Å². The van der Waals surface area contributed by atoms with Crippen LogP contribution in [0.25, 0.3) is 0 Å². The van der Waals surface area contributed by atoms with Crippen LogP contribution >= 0.6 is 0 Å². The number of ether oxygens (including phenoxy) is 1. The molecule has 2 aromatic rings. The van der Waals surface area contributed by atoms with Crippen molar-refractivity contribution in [3.05, 3.63) is 54.1 Å². The van der Waals surface area contributed by atoms with E-state index in [-0.39, 0.29) is 12.5 Å². The van der Waals surface area contributed by atoms with Gasteiger partial charge in [-0.1, -0.05) is 12.1 Å². The molecular formula is C20H22F3N3O2. The van der Waals surface area contributed by atoms with Gasteiger partial charge in [0.15, 0.2) is 0 Å². The van der Waals surface area contributed by atoms with E-state index < -0.39 is 11.7 Å². The van der Waals surface area contributed by atoms with E-state index in [0.29, 0.717) is 31.9 Å². The highest BCUT2D eigenvalue weighted by molar-refractivity contribution is 5.81. The summed E-state index contributed by atoms with van der Waals surface area (Å²) in [5.74, 6) is 0.714. The zero-order valence-corrected chi connectivity index (χ0v) is 15.5. The fourth-order valence-corrected chi connectivity index (χ4v) is 3.15. The van der Waals surface area contributed by atoms with Gasteiger partial charge >= 0.3 is 6.18 Å². The van der Waals surface area contributed by atoms with Crippen molar-refractivity contribution in [2.24, 2.45) is 0 Å². The molecule has 1 aliphatic rings. The number of halogens is 3. The molecule has 0 spiro atoms. The summed E-state index contributed by atoms with van der Waals surface area (Å²) in [6, 6.07) is 12.4. The maximum Gasteiger partial charge on any atom is 0.416 e. The lowest BCUT2D eigenvalue weighted by Gasteiger charge is -2.36. The lowest BCUT2D eigenvalue weighted by atomic mass is 10.2. The maximum atomic E-state index is 12.6. The number of para-hydroxylation sites is 2. The lowest BCUT2D eigenvalue weighted by Crippen LogP contribution is -2.50. The Labute approximate surface area is 161 Å². The number of alkyl halides is 3. The average Bonchev–Trinajstić information content (AvgIpc) is 2.71. The van der Waals surface area contributed by atoms with Crippen molar-refractivity contribution in [2.75, 3.05) is 50.1 Å². The molecule has 1 aliphatic heterocycles. The molecule has 1 saturated heterocycles. The molecule has 0 bridgehead atoms. The van der Waals surface area contributed by atoms with Gasteiger partial charge in [0.1, 0.15) is 5.75 Å². The normalized spacial score (nSPS) is 14.7. The van der Waals surface area contributed by atoms with Crippen LogP contribution in [-0.4, -0.2) is 50.6 Å². The van der Waals surface area contributed by atoms with Crippen LogP contribution in [0.5, 0.6) is 5.75 Å². The number of nitrogens with zero attached hydrogens (tertiary/aromatic N) is 2. The van der Waals surface area contributed by atoms with Crippen LogP contribution in [0.4, 0.5) is 24.5 Å². The molecule has 28 heavy (non-hydrogen) atoms. The molecule has 3 rings (SSSR count). The molecule has 0 atom stereocenters. The van der Waals surface area contributed by atoms with E-state index in [1.807, 2.05) is 24.3 Å². The summed E-state index contributed by atoms with van der Waals surface area (Å²) in [7, 11) is 1.63. The summed E-state index contributed by atoms with van der Waals surface area (Å²) in [5.41, 5.74) is 0.769. The number of hydrogen-bond acceptors (Lipinski definition) is 4. The van der Waals surface area contributed by atoms with E-state index in [9.17, 15) is 18.0 Å². The summed E-state index contributed by atoms with van der Waals surface area (Å²) in [6.45, 7) is 2.57. The van der Waals surface area contributed by atoms with Gasteiger partial charge in [0.05, 0.1) is 24.9 Å². The standard InChI is InChI=1S/C20H22F3N3O2/c1-28-18-5-3-2-4-17(18)25-10-12-26(13-11-25)19(27)14-24-16-8-6-15(7-9-16)20(21,22)23/h2-9,24H,10-14H2,1H3. The van der Waals surface area contributed by atoms with E-state index in [4.69, 9.17) is 4.74 Å². The number of nitrogens with one attached hydrogen (secondary N) is 1. The van der Waals surface area contributed by atoms with Crippen molar-refractivity contribution in [3.63, 3.8) is 0 Å². The average molecular weight is 393 g/mol. The summed E-state index contributed by atoms with van der Waals surface area (Å²) in [4.78, 5) is 16.3. The van der Waals surface area contributed by atoms with Crippen molar-refractivity contribution in [1.29, 1.82) is 0 Å². The van der Waals surface area contributed by atoms with Crippen LogP contribution < -0.4 is 15.0 Å². The molecule has 1 N–H and O–H groups in total. The second kappa shape index (κ2) is 8.41.